The number of carbonyl (C=O) groups is 1. The van der Waals surface area contributed by atoms with Crippen LogP contribution in [-0.2, 0) is 4.79 Å². The monoisotopic (exact) mass is 332 g/mol. The number of rotatable bonds is 4. The predicted octanol–water partition coefficient (Wildman–Crippen LogP) is 3.84. The van der Waals surface area contributed by atoms with Crippen molar-refractivity contribution in [3.8, 4) is 11.3 Å². The highest BCUT2D eigenvalue weighted by Gasteiger charge is 2.44. The molecule has 2 aromatic heterocycles. The summed E-state index contributed by atoms with van der Waals surface area (Å²) >= 11 is 0. The van der Waals surface area contributed by atoms with Crippen molar-refractivity contribution in [2.24, 2.45) is 5.92 Å². The fourth-order valence-electron chi connectivity index (χ4n) is 3.06. The molecule has 0 aliphatic heterocycles. The molecule has 5 nitrogen and oxygen atoms in total. The van der Waals surface area contributed by atoms with Gasteiger partial charge >= 0.3 is 0 Å². The van der Waals surface area contributed by atoms with Crippen LogP contribution in [0.3, 0.4) is 0 Å². The number of pyridine rings is 1. The smallest absolute Gasteiger partial charge is 0.228 e. The highest BCUT2D eigenvalue weighted by molar-refractivity contribution is 5.95. The van der Waals surface area contributed by atoms with Crippen LogP contribution in [0.4, 0.5) is 5.69 Å². The van der Waals surface area contributed by atoms with E-state index in [0.717, 1.165) is 34.6 Å². The van der Waals surface area contributed by atoms with Gasteiger partial charge in [0.2, 0.25) is 5.91 Å². The molecule has 0 radical (unpaired) electrons. The molecule has 0 spiro atoms. The Morgan fingerprint density at radius 3 is 2.84 bits per heavy atom. The Morgan fingerprint density at radius 1 is 1.16 bits per heavy atom. The van der Waals surface area contributed by atoms with E-state index in [4.69, 9.17) is 0 Å². The largest absolute Gasteiger partial charge is 0.326 e. The van der Waals surface area contributed by atoms with Crippen molar-refractivity contribution < 1.29 is 6.22 Å². The van der Waals surface area contributed by atoms with E-state index in [9.17, 15) is 4.79 Å². The zero-order valence-electron chi connectivity index (χ0n) is 13.9. The Kier molecular flexibility index (Phi) is 3.98. The first-order chi connectivity index (χ1) is 12.2. The van der Waals surface area contributed by atoms with Crippen LogP contribution in [0, 0.1) is 12.8 Å². The zero-order valence-corrected chi connectivity index (χ0v) is 13.9. The third-order valence-corrected chi connectivity index (χ3v) is 4.55. The maximum atomic E-state index is 12.5. The Bertz CT molecular complexity index is 902. The van der Waals surface area contributed by atoms with Crippen LogP contribution in [0.5, 0.6) is 0 Å². The van der Waals surface area contributed by atoms with Crippen LogP contribution >= 0.6 is 0 Å². The van der Waals surface area contributed by atoms with Crippen LogP contribution in [0.15, 0.2) is 60.9 Å². The minimum Gasteiger partial charge on any atom is -0.326 e. The van der Waals surface area contributed by atoms with Gasteiger partial charge in [-0.15, -0.1) is 0 Å². The quantitative estimate of drug-likeness (QED) is 0.788. The molecular weight excluding hydrogens is 312 g/mol. The summed E-state index contributed by atoms with van der Waals surface area (Å²) in [5.74, 6) is 0.270. The molecule has 5 heteroatoms. The molecule has 126 valence electrons. The second-order valence-corrected chi connectivity index (χ2v) is 6.33. The van der Waals surface area contributed by atoms with Gasteiger partial charge in [-0.2, -0.15) is 10.2 Å². The highest BCUT2D eigenvalue weighted by Crippen LogP contribution is 2.47. The lowest BCUT2D eigenvalue weighted by atomic mass is 10.0. The van der Waals surface area contributed by atoms with E-state index >= 15 is 0 Å². The van der Waals surface area contributed by atoms with E-state index in [0.29, 0.717) is 0 Å². The number of carbonyl (C=O) groups excluding carboxylic acids is 1. The summed E-state index contributed by atoms with van der Waals surface area (Å²) in [6, 6.07) is 15.5. The minimum absolute atomic E-state index is 0. The van der Waals surface area contributed by atoms with Gasteiger partial charge in [0.05, 0.1) is 5.69 Å². The molecule has 1 aliphatic rings. The number of hydrogen-bond acceptors (Lipinski definition) is 4. The highest BCUT2D eigenvalue weighted by atomic mass is 16.2. The molecule has 0 saturated heterocycles. The molecule has 1 aliphatic carbocycles. The van der Waals surface area contributed by atoms with E-state index in [1.807, 2.05) is 55.5 Å². The molecule has 2 atom stereocenters. The number of nitrogens with zero attached hydrogens (tertiary/aromatic N) is 3. The molecule has 3 aromatic rings. The van der Waals surface area contributed by atoms with Crippen molar-refractivity contribution in [3.63, 3.8) is 0 Å². The van der Waals surface area contributed by atoms with Crippen molar-refractivity contribution in [2.45, 2.75) is 19.3 Å². The lowest BCUT2D eigenvalue weighted by molar-refractivity contribution is -0.117. The maximum Gasteiger partial charge on any atom is 0.228 e. The number of nitrogens with one attached hydrogen (secondary N) is 1. The van der Waals surface area contributed by atoms with Gasteiger partial charge in [0, 0.05) is 42.6 Å². The first-order valence-electron chi connectivity index (χ1n) is 8.33. The Balaban J connectivity index is 0.00000196. The van der Waals surface area contributed by atoms with Crippen LogP contribution in [0.25, 0.3) is 11.3 Å². The summed E-state index contributed by atoms with van der Waals surface area (Å²) < 4.78 is 0. The Labute approximate surface area is 147 Å². The summed E-state index contributed by atoms with van der Waals surface area (Å²) in [5, 5.41) is 11.1. The van der Waals surface area contributed by atoms with Gasteiger partial charge in [-0.3, -0.25) is 9.78 Å². The van der Waals surface area contributed by atoms with Crippen molar-refractivity contribution in [3.05, 3.63) is 72.2 Å². The first-order valence-corrected chi connectivity index (χ1v) is 8.33. The van der Waals surface area contributed by atoms with Crippen LogP contribution in [0.1, 0.15) is 25.0 Å². The average molecular weight is 332 g/mol. The SMILES string of the molecule is Cc1ccc(NC(=O)[C@@H]2CC2c2ccccn2)cc1-c1cccnn1.[HH]. The van der Waals surface area contributed by atoms with E-state index in [1.54, 1.807) is 12.4 Å². The summed E-state index contributed by atoms with van der Waals surface area (Å²) in [4.78, 5) is 16.9. The van der Waals surface area contributed by atoms with Gasteiger partial charge < -0.3 is 5.32 Å². The predicted molar refractivity (Wildman–Crippen MR) is 98.0 cm³/mol. The first kappa shape index (κ1) is 15.4. The van der Waals surface area contributed by atoms with Crippen molar-refractivity contribution >= 4 is 11.6 Å². The third kappa shape index (κ3) is 3.26. The van der Waals surface area contributed by atoms with Gasteiger partial charge in [-0.1, -0.05) is 12.1 Å². The zero-order chi connectivity index (χ0) is 17.2. The molecule has 4 rings (SSSR count). The summed E-state index contributed by atoms with van der Waals surface area (Å²) in [6.45, 7) is 2.02. The number of hydrogen-bond donors (Lipinski definition) is 1. The number of amides is 1. The van der Waals surface area contributed by atoms with E-state index in [-0.39, 0.29) is 19.2 Å². The molecule has 1 unspecified atom stereocenters. The molecule has 0 bridgehead atoms. The maximum absolute atomic E-state index is 12.5. The van der Waals surface area contributed by atoms with E-state index in [1.165, 1.54) is 0 Å². The molecule has 25 heavy (non-hydrogen) atoms. The molecule has 2 heterocycles. The van der Waals surface area contributed by atoms with E-state index < -0.39 is 0 Å². The van der Waals surface area contributed by atoms with Gasteiger partial charge in [-0.25, -0.2) is 0 Å². The van der Waals surface area contributed by atoms with Crippen LogP contribution in [-0.4, -0.2) is 21.1 Å². The Hall–Kier alpha value is -3.08. The molecule has 1 N–H and O–H groups in total. The molecule has 1 aromatic carbocycles. The Morgan fingerprint density at radius 2 is 2.08 bits per heavy atom. The van der Waals surface area contributed by atoms with Crippen LogP contribution in [0.2, 0.25) is 0 Å². The molecular formula is C20H20N4O. The average Bonchev–Trinajstić information content (AvgIpc) is 3.46. The lowest BCUT2D eigenvalue weighted by Crippen LogP contribution is -2.14. The lowest BCUT2D eigenvalue weighted by Gasteiger charge is -2.09. The normalized spacial score (nSPS) is 18.6. The number of aromatic nitrogens is 3. The van der Waals surface area contributed by atoms with Crippen LogP contribution < -0.4 is 5.32 Å². The van der Waals surface area contributed by atoms with Gasteiger partial charge in [0.15, 0.2) is 0 Å². The van der Waals surface area contributed by atoms with Crippen molar-refractivity contribution in [1.29, 1.82) is 0 Å². The minimum atomic E-state index is -0.00355. The summed E-state index contributed by atoms with van der Waals surface area (Å²) in [5.41, 5.74) is 4.64. The topological polar surface area (TPSA) is 67.8 Å². The van der Waals surface area contributed by atoms with Crippen molar-refractivity contribution in [1.82, 2.24) is 15.2 Å². The fraction of sp³-hybridized carbons (Fsp3) is 0.200. The third-order valence-electron chi connectivity index (χ3n) is 4.55. The summed E-state index contributed by atoms with van der Waals surface area (Å²) in [6.07, 6.45) is 4.27. The molecule has 1 fully saturated rings. The second kappa shape index (κ2) is 6.43. The number of aryl methyl sites for hydroxylation is 1. The molecule has 1 saturated carbocycles. The van der Waals surface area contributed by atoms with Gasteiger partial charge in [-0.05, 0) is 55.3 Å². The molecule has 1 amide bonds. The summed E-state index contributed by atoms with van der Waals surface area (Å²) in [7, 11) is 0. The van der Waals surface area contributed by atoms with E-state index in [2.05, 4.69) is 20.5 Å². The fourth-order valence-corrected chi connectivity index (χ4v) is 3.06. The number of anilines is 1. The van der Waals surface area contributed by atoms with Crippen molar-refractivity contribution in [2.75, 3.05) is 5.32 Å². The second-order valence-electron chi connectivity index (χ2n) is 6.33. The standard InChI is InChI=1S/C20H18N4O.H2/c1-13-7-8-14(11-15(13)19-6-4-10-22-24-19)23-20(25)17-12-16(17)18-5-2-3-9-21-18;/h2-11,16-17H,12H2,1H3,(H,23,25);1H/t16?,17-;/m1./s1. The number of benzene rings is 1. The van der Waals surface area contributed by atoms with Gasteiger partial charge in [0.1, 0.15) is 0 Å². The van der Waals surface area contributed by atoms with Gasteiger partial charge in [0.25, 0.3) is 0 Å².